The van der Waals surface area contributed by atoms with Gasteiger partial charge in [0.2, 0.25) is 10.0 Å². The minimum atomic E-state index is -3.58. The Kier molecular flexibility index (Phi) is 4.88. The van der Waals surface area contributed by atoms with E-state index in [1.807, 2.05) is 0 Å². The van der Waals surface area contributed by atoms with Crippen LogP contribution in [0.4, 0.5) is 0 Å². The van der Waals surface area contributed by atoms with E-state index in [2.05, 4.69) is 0 Å². The Bertz CT molecular complexity index is 780. The van der Waals surface area contributed by atoms with Gasteiger partial charge in [-0.15, -0.1) is 0 Å². The highest BCUT2D eigenvalue weighted by Crippen LogP contribution is 2.25. The number of nitrogens with zero attached hydrogens (tertiary/aromatic N) is 3. The first-order valence-electron chi connectivity index (χ1n) is 8.41. The molecule has 1 aromatic heterocycles. The predicted octanol–water partition coefficient (Wildman–Crippen LogP) is 0.587. The van der Waals surface area contributed by atoms with Crippen LogP contribution in [0.15, 0.2) is 17.2 Å². The third kappa shape index (κ3) is 3.18. The van der Waals surface area contributed by atoms with Crippen molar-refractivity contribution in [1.82, 2.24) is 13.8 Å². The molecule has 2 fully saturated rings. The molecule has 8 nitrogen and oxygen atoms in total. The van der Waals surface area contributed by atoms with Crippen LogP contribution in [-0.2, 0) is 26.6 Å². The number of aromatic nitrogens is 1. The van der Waals surface area contributed by atoms with E-state index in [9.17, 15) is 18.0 Å². The normalized spacial score (nSPS) is 21.7. The highest BCUT2D eigenvalue weighted by Gasteiger charge is 2.37. The molecular weight excluding hydrogens is 346 g/mol. The minimum absolute atomic E-state index is 0.120. The summed E-state index contributed by atoms with van der Waals surface area (Å²) in [4.78, 5) is 26.3. The Morgan fingerprint density at radius 3 is 2.48 bits per heavy atom. The van der Waals surface area contributed by atoms with Crippen LogP contribution in [0.3, 0.4) is 0 Å². The zero-order chi connectivity index (χ0) is 18.2. The van der Waals surface area contributed by atoms with Gasteiger partial charge in [-0.3, -0.25) is 4.79 Å². The summed E-state index contributed by atoms with van der Waals surface area (Å²) in [7, 11) is -0.645. The van der Waals surface area contributed by atoms with Crippen molar-refractivity contribution in [3.05, 3.63) is 18.0 Å². The number of rotatable bonds is 4. The molecule has 2 saturated heterocycles. The molecular formula is C16H23N3O5S. The number of esters is 1. The molecule has 0 spiro atoms. The molecule has 0 N–H and O–H groups in total. The van der Waals surface area contributed by atoms with Gasteiger partial charge in [0.25, 0.3) is 5.91 Å². The van der Waals surface area contributed by atoms with Crippen LogP contribution in [0.2, 0.25) is 0 Å². The molecule has 1 aromatic rings. The molecule has 2 aliphatic rings. The summed E-state index contributed by atoms with van der Waals surface area (Å²) >= 11 is 0. The predicted molar refractivity (Wildman–Crippen MR) is 89.5 cm³/mol. The second-order valence-electron chi connectivity index (χ2n) is 6.46. The van der Waals surface area contributed by atoms with Crippen molar-refractivity contribution in [3.63, 3.8) is 0 Å². The molecule has 2 aliphatic heterocycles. The fourth-order valence-electron chi connectivity index (χ4n) is 3.50. The van der Waals surface area contributed by atoms with Crippen molar-refractivity contribution in [2.24, 2.45) is 7.05 Å². The second-order valence-corrected chi connectivity index (χ2v) is 8.40. The van der Waals surface area contributed by atoms with Crippen LogP contribution < -0.4 is 0 Å². The minimum Gasteiger partial charge on any atom is -0.467 e. The second kappa shape index (κ2) is 6.80. The molecule has 3 heterocycles. The third-order valence-corrected chi connectivity index (χ3v) is 6.75. The van der Waals surface area contributed by atoms with Crippen molar-refractivity contribution in [3.8, 4) is 0 Å². The summed E-state index contributed by atoms with van der Waals surface area (Å²) in [6.07, 6.45) is 4.44. The van der Waals surface area contributed by atoms with Crippen LogP contribution in [0.5, 0.6) is 0 Å². The van der Waals surface area contributed by atoms with Gasteiger partial charge < -0.3 is 14.2 Å². The highest BCUT2D eigenvalue weighted by atomic mass is 32.2. The Labute approximate surface area is 147 Å². The zero-order valence-corrected chi connectivity index (χ0v) is 15.3. The van der Waals surface area contributed by atoms with Crippen LogP contribution >= 0.6 is 0 Å². The van der Waals surface area contributed by atoms with Gasteiger partial charge in [-0.25, -0.2) is 13.2 Å². The van der Waals surface area contributed by atoms with E-state index < -0.39 is 22.0 Å². The van der Waals surface area contributed by atoms with E-state index in [0.29, 0.717) is 26.1 Å². The number of sulfonamides is 1. The summed E-state index contributed by atoms with van der Waals surface area (Å²) in [6, 6.07) is 0.800. The Hall–Kier alpha value is -1.87. The Balaban J connectivity index is 1.87. The van der Waals surface area contributed by atoms with E-state index in [1.54, 1.807) is 7.05 Å². The maximum atomic E-state index is 12.8. The molecule has 9 heteroatoms. The number of carbonyl (C=O) groups excluding carboxylic acids is 2. The van der Waals surface area contributed by atoms with Crippen molar-refractivity contribution < 1.29 is 22.7 Å². The monoisotopic (exact) mass is 369 g/mol. The number of amides is 1. The van der Waals surface area contributed by atoms with Gasteiger partial charge in [-0.1, -0.05) is 0 Å². The van der Waals surface area contributed by atoms with Gasteiger partial charge in [0.05, 0.1) is 7.11 Å². The van der Waals surface area contributed by atoms with E-state index in [0.717, 1.165) is 19.3 Å². The SMILES string of the molecule is COC(=O)[C@H]1CCCN1C(=O)c1cc(S(=O)(=O)N2CCCC2)cn1C. The lowest BCUT2D eigenvalue weighted by molar-refractivity contribution is -0.145. The molecule has 1 amide bonds. The molecule has 138 valence electrons. The highest BCUT2D eigenvalue weighted by molar-refractivity contribution is 7.89. The fourth-order valence-corrected chi connectivity index (χ4v) is 5.09. The average molecular weight is 369 g/mol. The summed E-state index contributed by atoms with van der Waals surface area (Å²) in [6.45, 7) is 1.48. The van der Waals surface area contributed by atoms with E-state index >= 15 is 0 Å². The lowest BCUT2D eigenvalue weighted by Gasteiger charge is -2.22. The van der Waals surface area contributed by atoms with Crippen LogP contribution in [0.1, 0.15) is 36.2 Å². The first-order chi connectivity index (χ1) is 11.9. The summed E-state index contributed by atoms with van der Waals surface area (Å²) in [5.41, 5.74) is 0.258. The van der Waals surface area contributed by atoms with Gasteiger partial charge in [-0.05, 0) is 31.7 Å². The van der Waals surface area contributed by atoms with Gasteiger partial charge in [0.1, 0.15) is 16.6 Å². The lowest BCUT2D eigenvalue weighted by atomic mass is 10.2. The molecule has 1 atom stereocenters. The van der Waals surface area contributed by atoms with Gasteiger partial charge in [-0.2, -0.15) is 4.31 Å². The number of methoxy groups -OCH3 is 1. The standard InChI is InChI=1S/C16H23N3O5S/c1-17-11-12(25(22,23)18-7-3-4-8-18)10-14(17)15(20)19-9-5-6-13(19)16(21)24-2/h10-11,13H,3-9H2,1-2H3/t13-/m1/s1. The summed E-state index contributed by atoms with van der Waals surface area (Å²) in [5.74, 6) is -0.789. The Morgan fingerprint density at radius 1 is 1.16 bits per heavy atom. The molecule has 25 heavy (non-hydrogen) atoms. The molecule has 0 radical (unpaired) electrons. The molecule has 3 rings (SSSR count). The number of hydrogen-bond donors (Lipinski definition) is 0. The molecule has 0 saturated carbocycles. The number of ether oxygens (including phenoxy) is 1. The van der Waals surface area contributed by atoms with E-state index in [-0.39, 0.29) is 16.5 Å². The van der Waals surface area contributed by atoms with Crippen molar-refractivity contribution in [2.45, 2.75) is 36.6 Å². The maximum Gasteiger partial charge on any atom is 0.328 e. The Morgan fingerprint density at radius 2 is 1.84 bits per heavy atom. The average Bonchev–Trinajstić information content (AvgIpc) is 3.32. The number of hydrogen-bond acceptors (Lipinski definition) is 5. The van der Waals surface area contributed by atoms with Crippen molar-refractivity contribution in [2.75, 3.05) is 26.7 Å². The first-order valence-corrected chi connectivity index (χ1v) is 9.85. The molecule has 0 bridgehead atoms. The topological polar surface area (TPSA) is 88.9 Å². The fraction of sp³-hybridized carbons (Fsp3) is 0.625. The summed E-state index contributed by atoms with van der Waals surface area (Å²) in [5, 5.41) is 0. The quantitative estimate of drug-likeness (QED) is 0.725. The van der Waals surface area contributed by atoms with Crippen molar-refractivity contribution in [1.29, 1.82) is 0 Å². The van der Waals surface area contributed by atoms with Crippen molar-refractivity contribution >= 4 is 21.9 Å². The van der Waals surface area contributed by atoms with Gasteiger partial charge in [0, 0.05) is 32.9 Å². The largest absolute Gasteiger partial charge is 0.467 e. The molecule has 0 aromatic carbocycles. The summed E-state index contributed by atoms with van der Waals surface area (Å²) < 4.78 is 33.1. The van der Waals surface area contributed by atoms with Crippen LogP contribution in [0, 0.1) is 0 Å². The molecule has 0 unspecified atom stereocenters. The smallest absolute Gasteiger partial charge is 0.328 e. The third-order valence-electron chi connectivity index (χ3n) is 4.89. The number of aryl methyl sites for hydroxylation is 1. The van der Waals surface area contributed by atoms with Crippen LogP contribution in [0.25, 0.3) is 0 Å². The van der Waals surface area contributed by atoms with E-state index in [1.165, 1.54) is 33.1 Å². The van der Waals surface area contributed by atoms with Gasteiger partial charge >= 0.3 is 5.97 Å². The number of likely N-dealkylation sites (tertiary alicyclic amines) is 1. The number of carbonyl (C=O) groups is 2. The maximum absolute atomic E-state index is 12.8. The lowest BCUT2D eigenvalue weighted by Crippen LogP contribution is -2.41. The first kappa shape index (κ1) is 17.9. The van der Waals surface area contributed by atoms with Crippen LogP contribution in [-0.4, -0.2) is 66.9 Å². The zero-order valence-electron chi connectivity index (χ0n) is 14.5. The molecule has 0 aliphatic carbocycles. The van der Waals surface area contributed by atoms with Gasteiger partial charge in [0.15, 0.2) is 0 Å². The van der Waals surface area contributed by atoms with E-state index in [4.69, 9.17) is 4.74 Å².